The molecule has 2 saturated heterocycles. The van der Waals surface area contributed by atoms with Crippen molar-refractivity contribution in [3.8, 4) is 0 Å². The normalized spacial score (nSPS) is 25.6. The molecular weight excluding hydrogens is 274 g/mol. The van der Waals surface area contributed by atoms with E-state index < -0.39 is 10.0 Å². The van der Waals surface area contributed by atoms with Crippen LogP contribution in [0.25, 0.3) is 0 Å². The summed E-state index contributed by atoms with van der Waals surface area (Å²) in [6.07, 6.45) is 5.16. The van der Waals surface area contributed by atoms with Gasteiger partial charge in [0.1, 0.15) is 0 Å². The first-order valence-corrected chi connectivity index (χ1v) is 9.67. The van der Waals surface area contributed by atoms with E-state index in [0.717, 1.165) is 45.4 Å². The van der Waals surface area contributed by atoms with E-state index in [2.05, 4.69) is 17.1 Å². The molecule has 1 atom stereocenters. The Balaban J connectivity index is 1.81. The van der Waals surface area contributed by atoms with Crippen molar-refractivity contribution >= 4 is 10.0 Å². The standard InChI is InChI=1S/C14H29N3O2S/c1-2-7-15-8-4-12-20(18,19)17-11-5-10-16-9-3-6-14(16)13-17/h14-15H,2-13H2,1H3. The maximum atomic E-state index is 12.4. The highest BCUT2D eigenvalue weighted by molar-refractivity contribution is 7.89. The second-order valence-corrected chi connectivity index (χ2v) is 8.05. The fraction of sp³-hybridized carbons (Fsp3) is 1.00. The number of sulfonamides is 1. The number of nitrogens with one attached hydrogen (secondary N) is 1. The Morgan fingerprint density at radius 2 is 1.95 bits per heavy atom. The molecule has 0 radical (unpaired) electrons. The van der Waals surface area contributed by atoms with E-state index in [0.29, 0.717) is 25.6 Å². The van der Waals surface area contributed by atoms with E-state index in [-0.39, 0.29) is 5.75 Å². The number of nitrogens with zero attached hydrogens (tertiary/aromatic N) is 2. The molecule has 0 aromatic carbocycles. The van der Waals surface area contributed by atoms with Gasteiger partial charge in [0.15, 0.2) is 0 Å². The minimum absolute atomic E-state index is 0.288. The molecule has 0 bridgehead atoms. The van der Waals surface area contributed by atoms with Crippen LogP contribution in [0.5, 0.6) is 0 Å². The van der Waals surface area contributed by atoms with E-state index in [1.54, 1.807) is 4.31 Å². The molecule has 1 unspecified atom stereocenters. The first-order chi connectivity index (χ1) is 9.63. The molecule has 0 aromatic rings. The van der Waals surface area contributed by atoms with Crippen LogP contribution in [-0.2, 0) is 10.0 Å². The monoisotopic (exact) mass is 303 g/mol. The number of rotatable bonds is 7. The van der Waals surface area contributed by atoms with Crippen molar-refractivity contribution in [1.82, 2.24) is 14.5 Å². The van der Waals surface area contributed by atoms with Crippen LogP contribution in [0, 0.1) is 0 Å². The summed E-state index contributed by atoms with van der Waals surface area (Å²) in [4.78, 5) is 2.47. The second-order valence-electron chi connectivity index (χ2n) is 5.96. The lowest BCUT2D eigenvalue weighted by Crippen LogP contribution is -2.40. The zero-order valence-corrected chi connectivity index (χ0v) is 13.5. The lowest BCUT2D eigenvalue weighted by Gasteiger charge is -2.25. The van der Waals surface area contributed by atoms with Crippen LogP contribution in [0.1, 0.15) is 39.0 Å². The highest BCUT2D eigenvalue weighted by Gasteiger charge is 2.33. The van der Waals surface area contributed by atoms with Crippen molar-refractivity contribution in [3.63, 3.8) is 0 Å². The topological polar surface area (TPSA) is 52.7 Å². The maximum absolute atomic E-state index is 12.4. The Labute approximate surface area is 123 Å². The summed E-state index contributed by atoms with van der Waals surface area (Å²) in [6.45, 7) is 7.53. The molecule has 1 N–H and O–H groups in total. The Morgan fingerprint density at radius 1 is 1.15 bits per heavy atom. The van der Waals surface area contributed by atoms with Crippen LogP contribution in [0.3, 0.4) is 0 Å². The first kappa shape index (κ1) is 16.2. The number of hydrogen-bond donors (Lipinski definition) is 1. The molecule has 0 aliphatic carbocycles. The smallest absolute Gasteiger partial charge is 0.214 e. The molecule has 2 rings (SSSR count). The molecule has 118 valence electrons. The van der Waals surface area contributed by atoms with Crippen LogP contribution in [0.15, 0.2) is 0 Å². The van der Waals surface area contributed by atoms with Crippen LogP contribution in [0.4, 0.5) is 0 Å². The lowest BCUT2D eigenvalue weighted by molar-refractivity contribution is 0.257. The Morgan fingerprint density at radius 3 is 2.75 bits per heavy atom. The average molecular weight is 303 g/mol. The van der Waals surface area contributed by atoms with Gasteiger partial charge < -0.3 is 5.32 Å². The first-order valence-electron chi connectivity index (χ1n) is 8.06. The quantitative estimate of drug-likeness (QED) is 0.709. The van der Waals surface area contributed by atoms with Gasteiger partial charge in [-0.15, -0.1) is 0 Å². The Kier molecular flexibility index (Phi) is 6.26. The van der Waals surface area contributed by atoms with Gasteiger partial charge in [0, 0.05) is 19.1 Å². The third kappa shape index (κ3) is 4.41. The molecule has 0 spiro atoms. The molecule has 2 fully saturated rings. The molecule has 2 aliphatic rings. The van der Waals surface area contributed by atoms with Crippen LogP contribution in [0.2, 0.25) is 0 Å². The molecule has 5 nitrogen and oxygen atoms in total. The molecule has 2 aliphatic heterocycles. The van der Waals surface area contributed by atoms with E-state index in [9.17, 15) is 8.42 Å². The van der Waals surface area contributed by atoms with Crippen molar-refractivity contribution in [2.45, 2.75) is 45.1 Å². The largest absolute Gasteiger partial charge is 0.317 e. The van der Waals surface area contributed by atoms with Gasteiger partial charge in [-0.05, 0) is 58.3 Å². The summed E-state index contributed by atoms with van der Waals surface area (Å²) in [5.74, 6) is 0.288. The van der Waals surface area contributed by atoms with Gasteiger partial charge >= 0.3 is 0 Å². The minimum Gasteiger partial charge on any atom is -0.317 e. The van der Waals surface area contributed by atoms with Gasteiger partial charge in [-0.3, -0.25) is 4.90 Å². The van der Waals surface area contributed by atoms with E-state index in [1.165, 1.54) is 6.42 Å². The van der Waals surface area contributed by atoms with E-state index in [1.807, 2.05) is 0 Å². The summed E-state index contributed by atoms with van der Waals surface area (Å²) >= 11 is 0. The van der Waals surface area contributed by atoms with Crippen molar-refractivity contribution in [2.24, 2.45) is 0 Å². The van der Waals surface area contributed by atoms with Crippen LogP contribution >= 0.6 is 0 Å². The molecule has 0 saturated carbocycles. The van der Waals surface area contributed by atoms with Crippen LogP contribution < -0.4 is 5.32 Å². The summed E-state index contributed by atoms with van der Waals surface area (Å²) in [5, 5.41) is 3.27. The van der Waals surface area contributed by atoms with Gasteiger partial charge in [0.2, 0.25) is 10.0 Å². The van der Waals surface area contributed by atoms with Crippen molar-refractivity contribution in [2.75, 3.05) is 45.0 Å². The average Bonchev–Trinajstić information content (AvgIpc) is 2.75. The summed E-state index contributed by atoms with van der Waals surface area (Å²) < 4.78 is 26.6. The predicted octanol–water partition coefficient (Wildman–Crippen LogP) is 0.876. The Bertz CT molecular complexity index is 386. The lowest BCUT2D eigenvalue weighted by atomic mass is 10.2. The maximum Gasteiger partial charge on any atom is 0.214 e. The highest BCUT2D eigenvalue weighted by atomic mass is 32.2. The van der Waals surface area contributed by atoms with Gasteiger partial charge in [-0.2, -0.15) is 0 Å². The SMILES string of the molecule is CCCNCCCS(=O)(=O)N1CCCN2CCCC2C1. The number of fused-ring (bicyclic) bond motifs is 1. The molecule has 0 amide bonds. The highest BCUT2D eigenvalue weighted by Crippen LogP contribution is 2.22. The third-order valence-electron chi connectivity index (χ3n) is 4.34. The van der Waals surface area contributed by atoms with Crippen molar-refractivity contribution < 1.29 is 8.42 Å². The summed E-state index contributed by atoms with van der Waals surface area (Å²) in [6, 6.07) is 0.463. The summed E-state index contributed by atoms with van der Waals surface area (Å²) in [7, 11) is -3.07. The fourth-order valence-electron chi connectivity index (χ4n) is 3.24. The molecule has 20 heavy (non-hydrogen) atoms. The molecule has 2 heterocycles. The molecular formula is C14H29N3O2S. The third-order valence-corrected chi connectivity index (χ3v) is 6.27. The van der Waals surface area contributed by atoms with Crippen molar-refractivity contribution in [3.05, 3.63) is 0 Å². The predicted molar refractivity (Wildman–Crippen MR) is 82.3 cm³/mol. The zero-order chi connectivity index (χ0) is 14.4. The van der Waals surface area contributed by atoms with Gasteiger partial charge in [-0.1, -0.05) is 6.92 Å². The van der Waals surface area contributed by atoms with Crippen LogP contribution in [-0.4, -0.2) is 68.7 Å². The minimum atomic E-state index is -3.07. The zero-order valence-electron chi connectivity index (χ0n) is 12.7. The van der Waals surface area contributed by atoms with Gasteiger partial charge in [-0.25, -0.2) is 12.7 Å². The second kappa shape index (κ2) is 7.73. The molecule has 0 aromatic heterocycles. The number of hydrogen-bond acceptors (Lipinski definition) is 4. The Hall–Kier alpha value is -0.170. The van der Waals surface area contributed by atoms with E-state index in [4.69, 9.17) is 0 Å². The van der Waals surface area contributed by atoms with Gasteiger partial charge in [0.05, 0.1) is 5.75 Å². The summed E-state index contributed by atoms with van der Waals surface area (Å²) in [5.41, 5.74) is 0. The molecule has 6 heteroatoms. The van der Waals surface area contributed by atoms with Gasteiger partial charge in [0.25, 0.3) is 0 Å². The van der Waals surface area contributed by atoms with E-state index >= 15 is 0 Å². The fourth-order valence-corrected chi connectivity index (χ4v) is 4.81. The van der Waals surface area contributed by atoms with Crippen molar-refractivity contribution in [1.29, 1.82) is 0 Å².